The monoisotopic (exact) mass is 410 g/mol. The maximum absolute atomic E-state index is 11.7. The van der Waals surface area contributed by atoms with Crippen molar-refractivity contribution in [3.05, 3.63) is 59.2 Å². The second-order valence-corrected chi connectivity index (χ2v) is 8.21. The van der Waals surface area contributed by atoms with Crippen LogP contribution in [0.2, 0.25) is 0 Å². The fourth-order valence-electron chi connectivity index (χ4n) is 4.21. The van der Waals surface area contributed by atoms with Crippen molar-refractivity contribution in [2.24, 2.45) is 0 Å². The number of nitrogens with zero attached hydrogens (tertiary/aromatic N) is 2. The van der Waals surface area contributed by atoms with E-state index in [0.717, 1.165) is 49.7 Å². The van der Waals surface area contributed by atoms with Crippen LogP contribution in [-0.2, 0) is 13.0 Å². The van der Waals surface area contributed by atoms with Crippen LogP contribution in [0.4, 0.5) is 0 Å². The highest BCUT2D eigenvalue weighted by Gasteiger charge is 2.23. The lowest BCUT2D eigenvalue weighted by atomic mass is 10.0. The molecule has 162 valence electrons. The van der Waals surface area contributed by atoms with Crippen molar-refractivity contribution in [2.75, 3.05) is 40.9 Å². The molecule has 1 aliphatic rings. The molecule has 5 heteroatoms. The Morgan fingerprint density at radius 3 is 2.63 bits per heavy atom. The van der Waals surface area contributed by atoms with Crippen LogP contribution in [0.3, 0.4) is 0 Å². The topological polar surface area (TPSA) is 42.0 Å². The predicted molar refractivity (Wildman–Crippen MR) is 121 cm³/mol. The molecule has 5 nitrogen and oxygen atoms in total. The van der Waals surface area contributed by atoms with Gasteiger partial charge in [-0.15, -0.1) is 0 Å². The van der Waals surface area contributed by atoms with E-state index < -0.39 is 0 Å². The predicted octanol–water partition coefficient (Wildman–Crippen LogP) is 4.05. The van der Waals surface area contributed by atoms with E-state index in [4.69, 9.17) is 9.47 Å². The first kappa shape index (κ1) is 22.3. The molecular weight excluding hydrogens is 376 g/mol. The molecule has 0 aromatic heterocycles. The van der Waals surface area contributed by atoms with E-state index in [1.54, 1.807) is 21.1 Å². The Bertz CT molecular complexity index is 852. The maximum atomic E-state index is 11.7. The zero-order chi connectivity index (χ0) is 21.5. The molecule has 2 aromatic rings. The summed E-state index contributed by atoms with van der Waals surface area (Å²) in [6, 6.07) is 14.8. The number of hydrogen-bond acceptors (Lipinski definition) is 5. The zero-order valence-corrected chi connectivity index (χ0v) is 18.7. The molecule has 0 N–H and O–H groups in total. The Labute approximate surface area is 180 Å². The lowest BCUT2D eigenvalue weighted by Crippen LogP contribution is -2.46. The van der Waals surface area contributed by atoms with Crippen LogP contribution in [0.15, 0.2) is 42.5 Å². The maximum Gasteiger partial charge on any atom is 0.160 e. The summed E-state index contributed by atoms with van der Waals surface area (Å²) >= 11 is 0. The fourth-order valence-corrected chi connectivity index (χ4v) is 4.21. The first-order chi connectivity index (χ1) is 14.5. The van der Waals surface area contributed by atoms with Crippen LogP contribution < -0.4 is 9.47 Å². The molecule has 0 amide bonds. The number of piperidine rings is 1. The quantitative estimate of drug-likeness (QED) is 0.584. The van der Waals surface area contributed by atoms with E-state index in [2.05, 4.69) is 35.0 Å². The number of carbonyl (C=O) groups is 1. The number of likely N-dealkylation sites (N-methyl/N-ethyl adjacent to an activating group) is 1. The summed E-state index contributed by atoms with van der Waals surface area (Å²) in [6.07, 6.45) is 3.41. The van der Waals surface area contributed by atoms with Gasteiger partial charge in [-0.25, -0.2) is 0 Å². The molecule has 1 atom stereocenters. The van der Waals surface area contributed by atoms with Crippen LogP contribution in [0.5, 0.6) is 11.5 Å². The molecule has 3 rings (SSSR count). The minimum atomic E-state index is 0.128. The van der Waals surface area contributed by atoms with Gasteiger partial charge in [0.2, 0.25) is 0 Å². The molecule has 0 aliphatic carbocycles. The van der Waals surface area contributed by atoms with E-state index in [-0.39, 0.29) is 5.78 Å². The van der Waals surface area contributed by atoms with E-state index in [1.807, 2.05) is 24.3 Å². The fraction of sp³-hybridized carbons (Fsp3) is 0.480. The van der Waals surface area contributed by atoms with Gasteiger partial charge in [-0.2, -0.15) is 0 Å². The van der Waals surface area contributed by atoms with E-state index in [1.165, 1.54) is 24.0 Å². The number of Topliss-reactive ketones (excluding diaryl/α,β-unsaturated/α-hetero) is 1. The van der Waals surface area contributed by atoms with Crippen LogP contribution >= 0.6 is 0 Å². The molecule has 1 fully saturated rings. The first-order valence-corrected chi connectivity index (χ1v) is 10.7. The number of likely N-dealkylation sites (tertiary alicyclic amines) is 1. The average molecular weight is 411 g/mol. The van der Waals surface area contributed by atoms with Crippen molar-refractivity contribution in [3.8, 4) is 11.5 Å². The molecule has 0 spiro atoms. The summed E-state index contributed by atoms with van der Waals surface area (Å²) in [6.45, 7) is 5.72. The normalized spacial score (nSPS) is 17.2. The molecule has 0 saturated carbocycles. The van der Waals surface area contributed by atoms with E-state index in [9.17, 15) is 4.79 Å². The van der Waals surface area contributed by atoms with Crippen molar-refractivity contribution in [1.82, 2.24) is 9.80 Å². The van der Waals surface area contributed by atoms with Crippen LogP contribution in [0.25, 0.3) is 0 Å². The summed E-state index contributed by atoms with van der Waals surface area (Å²) in [5.74, 6) is 1.68. The standard InChI is InChI=1S/C25H34N2O3/c1-19(28)22-8-5-7-21(15-22)17-27-13-6-9-23(18-27)26(2)14-12-20-10-11-24(29-3)25(16-20)30-4/h5,7-8,10-11,15-16,23H,6,9,12-14,17-18H2,1-4H3/t23-/m1/s1. The van der Waals surface area contributed by atoms with Gasteiger partial charge < -0.3 is 14.4 Å². The van der Waals surface area contributed by atoms with Crippen LogP contribution in [0.1, 0.15) is 41.3 Å². The van der Waals surface area contributed by atoms with Gasteiger partial charge in [-0.05, 0) is 69.1 Å². The third-order valence-corrected chi connectivity index (χ3v) is 6.04. The summed E-state index contributed by atoms with van der Waals surface area (Å²) < 4.78 is 10.8. The minimum absolute atomic E-state index is 0.128. The smallest absolute Gasteiger partial charge is 0.160 e. The summed E-state index contributed by atoms with van der Waals surface area (Å²) in [4.78, 5) is 16.7. The van der Waals surface area contributed by atoms with Crippen molar-refractivity contribution in [1.29, 1.82) is 0 Å². The number of ether oxygens (including phenoxy) is 2. The van der Waals surface area contributed by atoms with Gasteiger partial charge >= 0.3 is 0 Å². The van der Waals surface area contributed by atoms with Gasteiger partial charge in [0, 0.05) is 31.2 Å². The van der Waals surface area contributed by atoms with Crippen molar-refractivity contribution < 1.29 is 14.3 Å². The lowest BCUT2D eigenvalue weighted by Gasteiger charge is -2.37. The Hall–Kier alpha value is -2.37. The second-order valence-electron chi connectivity index (χ2n) is 8.21. The van der Waals surface area contributed by atoms with Crippen molar-refractivity contribution >= 4 is 5.78 Å². The lowest BCUT2D eigenvalue weighted by molar-refractivity contribution is 0.101. The molecule has 0 bridgehead atoms. The highest BCUT2D eigenvalue weighted by molar-refractivity contribution is 5.94. The highest BCUT2D eigenvalue weighted by Crippen LogP contribution is 2.28. The Morgan fingerprint density at radius 2 is 1.90 bits per heavy atom. The first-order valence-electron chi connectivity index (χ1n) is 10.7. The summed E-state index contributed by atoms with van der Waals surface area (Å²) in [7, 11) is 5.57. The van der Waals surface area contributed by atoms with Gasteiger partial charge in [0.15, 0.2) is 17.3 Å². The number of carbonyl (C=O) groups excluding carboxylic acids is 1. The van der Waals surface area contributed by atoms with Gasteiger partial charge in [-0.1, -0.05) is 24.3 Å². The van der Waals surface area contributed by atoms with Crippen molar-refractivity contribution in [2.45, 2.75) is 38.8 Å². The summed E-state index contributed by atoms with van der Waals surface area (Å²) in [5, 5.41) is 0. The molecule has 0 radical (unpaired) electrons. The molecule has 30 heavy (non-hydrogen) atoms. The summed E-state index contributed by atoms with van der Waals surface area (Å²) in [5.41, 5.74) is 3.28. The van der Waals surface area contributed by atoms with E-state index >= 15 is 0 Å². The third kappa shape index (κ3) is 5.83. The number of benzene rings is 2. The molecule has 1 heterocycles. The largest absolute Gasteiger partial charge is 0.493 e. The van der Waals surface area contributed by atoms with Crippen molar-refractivity contribution in [3.63, 3.8) is 0 Å². The number of hydrogen-bond donors (Lipinski definition) is 0. The Kier molecular flexibility index (Phi) is 7.88. The molecule has 2 aromatic carbocycles. The minimum Gasteiger partial charge on any atom is -0.493 e. The van der Waals surface area contributed by atoms with Gasteiger partial charge in [-0.3, -0.25) is 9.69 Å². The third-order valence-electron chi connectivity index (χ3n) is 6.04. The average Bonchev–Trinajstić information content (AvgIpc) is 2.77. The van der Waals surface area contributed by atoms with E-state index in [0.29, 0.717) is 6.04 Å². The Morgan fingerprint density at radius 1 is 1.10 bits per heavy atom. The number of rotatable bonds is 9. The van der Waals surface area contributed by atoms with Gasteiger partial charge in [0.1, 0.15) is 0 Å². The Balaban J connectivity index is 1.54. The number of ketones is 1. The SMILES string of the molecule is COc1ccc(CCN(C)[C@@H]2CCCN(Cc3cccc(C(C)=O)c3)C2)cc1OC. The second kappa shape index (κ2) is 10.6. The van der Waals surface area contributed by atoms with Crippen LogP contribution in [0, 0.1) is 0 Å². The zero-order valence-electron chi connectivity index (χ0n) is 18.7. The molecule has 0 unspecified atom stereocenters. The van der Waals surface area contributed by atoms with Gasteiger partial charge in [0.25, 0.3) is 0 Å². The highest BCUT2D eigenvalue weighted by atomic mass is 16.5. The molecule has 1 saturated heterocycles. The molecule has 1 aliphatic heterocycles. The molecular formula is C25H34N2O3. The van der Waals surface area contributed by atoms with Crippen LogP contribution in [-0.4, -0.2) is 62.5 Å². The number of methoxy groups -OCH3 is 2. The van der Waals surface area contributed by atoms with Gasteiger partial charge in [0.05, 0.1) is 14.2 Å².